The number of aromatic nitrogens is 2. The first-order valence-electron chi connectivity index (χ1n) is 5.79. The van der Waals surface area contributed by atoms with Gasteiger partial charge < -0.3 is 10.0 Å². The molecule has 1 saturated heterocycles. The van der Waals surface area contributed by atoms with Crippen LogP contribution in [0, 0.1) is 0 Å². The summed E-state index contributed by atoms with van der Waals surface area (Å²) in [4.78, 5) is 13.5. The predicted molar refractivity (Wildman–Crippen MR) is 64.1 cm³/mol. The molecule has 0 radical (unpaired) electrons. The second kappa shape index (κ2) is 5.14. The van der Waals surface area contributed by atoms with Gasteiger partial charge >= 0.3 is 0 Å². The Balaban J connectivity index is 1.94. The van der Waals surface area contributed by atoms with Gasteiger partial charge in [-0.1, -0.05) is 0 Å². The number of aliphatic hydroxyl groups excluding tert-OH is 1. The molecule has 1 fully saturated rings. The highest BCUT2D eigenvalue weighted by atomic mass is 16.3. The third-order valence-electron chi connectivity index (χ3n) is 2.85. The molecule has 1 N–H and O–H groups in total. The summed E-state index contributed by atoms with van der Waals surface area (Å²) in [6.45, 7) is 1.17. The fraction of sp³-hybridized carbons (Fsp3) is 0.500. The van der Waals surface area contributed by atoms with E-state index in [-0.39, 0.29) is 12.0 Å². The Bertz CT molecular complexity index is 425. The summed E-state index contributed by atoms with van der Waals surface area (Å²) in [7, 11) is 1.83. The second-order valence-corrected chi connectivity index (χ2v) is 4.36. The van der Waals surface area contributed by atoms with E-state index in [1.54, 1.807) is 21.9 Å². The van der Waals surface area contributed by atoms with Gasteiger partial charge in [0.25, 0.3) is 0 Å². The van der Waals surface area contributed by atoms with E-state index in [0.717, 1.165) is 24.9 Å². The van der Waals surface area contributed by atoms with Crippen molar-refractivity contribution in [3.8, 4) is 0 Å². The van der Waals surface area contributed by atoms with E-state index in [2.05, 4.69) is 5.10 Å². The van der Waals surface area contributed by atoms with Gasteiger partial charge in [-0.25, -0.2) is 0 Å². The number of carbonyl (C=O) groups is 1. The summed E-state index contributed by atoms with van der Waals surface area (Å²) in [5, 5.41) is 13.5. The van der Waals surface area contributed by atoms with Gasteiger partial charge in [-0.2, -0.15) is 5.10 Å². The number of carbonyl (C=O) groups excluding carboxylic acids is 1. The molecule has 0 unspecified atom stereocenters. The van der Waals surface area contributed by atoms with Gasteiger partial charge in [-0.3, -0.25) is 9.48 Å². The monoisotopic (exact) mass is 235 g/mol. The number of aliphatic hydroxyl groups is 1. The van der Waals surface area contributed by atoms with Crippen LogP contribution >= 0.6 is 0 Å². The van der Waals surface area contributed by atoms with Crippen LogP contribution in [0.2, 0.25) is 0 Å². The predicted octanol–water partition coefficient (Wildman–Crippen LogP) is 0.417. The molecule has 0 saturated carbocycles. The van der Waals surface area contributed by atoms with Crippen molar-refractivity contribution < 1.29 is 9.90 Å². The zero-order valence-corrected chi connectivity index (χ0v) is 9.91. The summed E-state index contributed by atoms with van der Waals surface area (Å²) in [6.07, 6.45) is 8.11. The molecule has 2 heterocycles. The Morgan fingerprint density at radius 1 is 1.65 bits per heavy atom. The lowest BCUT2D eigenvalue weighted by atomic mass is 10.1. The molecule has 0 aromatic carbocycles. The molecular formula is C12H17N3O2. The zero-order chi connectivity index (χ0) is 12.3. The summed E-state index contributed by atoms with van der Waals surface area (Å²) in [5.41, 5.74) is 0.901. The Hall–Kier alpha value is -1.62. The third-order valence-corrected chi connectivity index (χ3v) is 2.85. The highest BCUT2D eigenvalue weighted by Crippen LogP contribution is 2.10. The van der Waals surface area contributed by atoms with Crippen LogP contribution in [0.4, 0.5) is 0 Å². The molecule has 5 nitrogen and oxygen atoms in total. The fourth-order valence-corrected chi connectivity index (χ4v) is 1.95. The van der Waals surface area contributed by atoms with Crippen LogP contribution < -0.4 is 0 Å². The van der Waals surface area contributed by atoms with E-state index in [0.29, 0.717) is 6.54 Å². The molecule has 1 aromatic heterocycles. The van der Waals surface area contributed by atoms with E-state index in [1.807, 2.05) is 13.2 Å². The number of β-amino-alcohol motifs (C(OH)–C–C–N with tert-alkyl or cyclic N) is 1. The molecule has 92 valence electrons. The number of likely N-dealkylation sites (tertiary alicyclic amines) is 1. The molecule has 0 bridgehead atoms. The first-order chi connectivity index (χ1) is 8.15. The smallest absolute Gasteiger partial charge is 0.246 e. The van der Waals surface area contributed by atoms with E-state index in [9.17, 15) is 9.90 Å². The van der Waals surface area contributed by atoms with Crippen molar-refractivity contribution >= 4 is 12.0 Å². The normalized spacial score (nSPS) is 21.1. The van der Waals surface area contributed by atoms with Gasteiger partial charge in [0.1, 0.15) is 0 Å². The highest BCUT2D eigenvalue weighted by molar-refractivity contribution is 5.91. The van der Waals surface area contributed by atoms with Crippen molar-refractivity contribution in [2.24, 2.45) is 7.05 Å². The minimum absolute atomic E-state index is 0.0485. The second-order valence-electron chi connectivity index (χ2n) is 4.36. The molecular weight excluding hydrogens is 218 g/mol. The van der Waals surface area contributed by atoms with Gasteiger partial charge in [0.15, 0.2) is 0 Å². The maximum Gasteiger partial charge on any atom is 0.246 e. The van der Waals surface area contributed by atoms with E-state index in [4.69, 9.17) is 0 Å². The maximum absolute atomic E-state index is 11.8. The maximum atomic E-state index is 11.8. The number of nitrogens with zero attached hydrogens (tertiary/aromatic N) is 3. The van der Waals surface area contributed by atoms with Crippen LogP contribution in [0.3, 0.4) is 0 Å². The van der Waals surface area contributed by atoms with Crippen LogP contribution in [0.15, 0.2) is 18.5 Å². The number of piperidine rings is 1. The molecule has 1 aliphatic rings. The van der Waals surface area contributed by atoms with E-state index >= 15 is 0 Å². The molecule has 17 heavy (non-hydrogen) atoms. The molecule has 1 aliphatic heterocycles. The number of rotatable bonds is 2. The molecule has 5 heteroatoms. The molecule has 0 aliphatic carbocycles. The lowest BCUT2D eigenvalue weighted by Gasteiger charge is -2.29. The van der Waals surface area contributed by atoms with Crippen LogP contribution in [-0.4, -0.2) is 44.9 Å². The van der Waals surface area contributed by atoms with Crippen LogP contribution in [0.1, 0.15) is 18.4 Å². The molecule has 2 rings (SSSR count). The summed E-state index contributed by atoms with van der Waals surface area (Å²) in [6, 6.07) is 0. The van der Waals surface area contributed by atoms with Gasteiger partial charge in [0.05, 0.1) is 12.3 Å². The summed E-state index contributed by atoms with van der Waals surface area (Å²) >= 11 is 0. The average Bonchev–Trinajstić information content (AvgIpc) is 2.72. The van der Waals surface area contributed by atoms with Crippen molar-refractivity contribution in [2.45, 2.75) is 18.9 Å². The number of amides is 1. The first kappa shape index (κ1) is 11.9. The Kier molecular flexibility index (Phi) is 3.58. The third kappa shape index (κ3) is 3.17. The summed E-state index contributed by atoms with van der Waals surface area (Å²) < 4.78 is 1.69. The van der Waals surface area contributed by atoms with Crippen LogP contribution in [0.25, 0.3) is 6.08 Å². The van der Waals surface area contributed by atoms with Gasteiger partial charge in [-0.05, 0) is 18.9 Å². The summed E-state index contributed by atoms with van der Waals surface area (Å²) in [5.74, 6) is -0.0485. The minimum Gasteiger partial charge on any atom is -0.391 e. The molecule has 0 spiro atoms. The van der Waals surface area contributed by atoms with Crippen LogP contribution in [0.5, 0.6) is 0 Å². The minimum atomic E-state index is -0.375. The lowest BCUT2D eigenvalue weighted by Crippen LogP contribution is -2.41. The molecule has 1 amide bonds. The van der Waals surface area contributed by atoms with E-state index in [1.165, 1.54) is 6.08 Å². The SMILES string of the molecule is Cn1cc(/C=C/C(=O)N2CCC[C@H](O)C2)cn1. The van der Waals surface area contributed by atoms with Crippen molar-refractivity contribution in [1.82, 2.24) is 14.7 Å². The van der Waals surface area contributed by atoms with Gasteiger partial charge in [0, 0.05) is 38.0 Å². The quantitative estimate of drug-likeness (QED) is 0.756. The molecule has 1 aromatic rings. The van der Waals surface area contributed by atoms with Crippen molar-refractivity contribution in [3.63, 3.8) is 0 Å². The Morgan fingerprint density at radius 3 is 3.12 bits per heavy atom. The molecule has 1 atom stereocenters. The number of hydrogen-bond acceptors (Lipinski definition) is 3. The van der Waals surface area contributed by atoms with Gasteiger partial charge in [0.2, 0.25) is 5.91 Å². The number of hydrogen-bond donors (Lipinski definition) is 1. The van der Waals surface area contributed by atoms with Crippen molar-refractivity contribution in [1.29, 1.82) is 0 Å². The average molecular weight is 235 g/mol. The van der Waals surface area contributed by atoms with Crippen molar-refractivity contribution in [2.75, 3.05) is 13.1 Å². The van der Waals surface area contributed by atoms with Crippen molar-refractivity contribution in [3.05, 3.63) is 24.0 Å². The zero-order valence-electron chi connectivity index (χ0n) is 9.91. The fourth-order valence-electron chi connectivity index (χ4n) is 1.95. The van der Waals surface area contributed by atoms with Gasteiger partial charge in [-0.15, -0.1) is 0 Å². The first-order valence-corrected chi connectivity index (χ1v) is 5.79. The standard InChI is InChI=1S/C12H17N3O2/c1-14-8-10(7-13-14)4-5-12(17)15-6-2-3-11(16)9-15/h4-5,7-8,11,16H,2-3,6,9H2,1H3/b5-4+/t11-/m0/s1. The lowest BCUT2D eigenvalue weighted by molar-refractivity contribution is -0.128. The Morgan fingerprint density at radius 2 is 2.47 bits per heavy atom. The number of aryl methyl sites for hydroxylation is 1. The Labute approximate surface area is 100 Å². The topological polar surface area (TPSA) is 58.4 Å². The highest BCUT2D eigenvalue weighted by Gasteiger charge is 2.20. The largest absolute Gasteiger partial charge is 0.391 e. The van der Waals surface area contributed by atoms with Crippen LogP contribution in [-0.2, 0) is 11.8 Å². The van der Waals surface area contributed by atoms with E-state index < -0.39 is 0 Å².